The fourth-order valence-corrected chi connectivity index (χ4v) is 8.84. The lowest BCUT2D eigenvalue weighted by atomic mass is 9.63. The van der Waals surface area contributed by atoms with Gasteiger partial charge < -0.3 is 20.1 Å². The summed E-state index contributed by atoms with van der Waals surface area (Å²) in [6.07, 6.45) is 8.15. The van der Waals surface area contributed by atoms with E-state index in [-0.39, 0.29) is 23.6 Å². The number of aromatic nitrogens is 6. The zero-order valence-electron chi connectivity index (χ0n) is 27.1. The molecule has 256 valence electrons. The van der Waals surface area contributed by atoms with E-state index in [1.807, 2.05) is 22.8 Å². The van der Waals surface area contributed by atoms with E-state index in [1.54, 1.807) is 12.3 Å². The molecule has 4 bridgehead atoms. The van der Waals surface area contributed by atoms with Gasteiger partial charge in [-0.3, -0.25) is 14.7 Å². The molecule has 11 rings (SSSR count). The van der Waals surface area contributed by atoms with Crippen molar-refractivity contribution in [1.29, 1.82) is 0 Å². The van der Waals surface area contributed by atoms with Gasteiger partial charge in [-0.05, 0) is 79.6 Å². The van der Waals surface area contributed by atoms with Crippen LogP contribution in [-0.2, 0) is 16.0 Å². The number of aryl methyl sites for hydroxylation is 1. The number of hydrogen-bond donors (Lipinski definition) is 2. The number of anilines is 1. The lowest BCUT2D eigenvalue weighted by Crippen LogP contribution is -2.65. The van der Waals surface area contributed by atoms with E-state index in [4.69, 9.17) is 20.4 Å². The first-order valence-corrected chi connectivity index (χ1v) is 17.3. The molecule has 0 radical (unpaired) electrons. The Bertz CT molecular complexity index is 2170. The van der Waals surface area contributed by atoms with Gasteiger partial charge in [-0.15, -0.1) is 5.10 Å². The van der Waals surface area contributed by atoms with Gasteiger partial charge in [-0.25, -0.2) is 19.6 Å². The highest BCUT2D eigenvalue weighted by Gasteiger charge is 2.66. The van der Waals surface area contributed by atoms with Crippen molar-refractivity contribution in [3.8, 4) is 28.8 Å². The second kappa shape index (κ2) is 11.0. The first-order valence-electron chi connectivity index (χ1n) is 17.3. The van der Waals surface area contributed by atoms with Crippen molar-refractivity contribution >= 4 is 22.9 Å². The molecule has 4 aromatic heterocycles. The Morgan fingerprint density at radius 3 is 2.84 bits per heavy atom. The summed E-state index contributed by atoms with van der Waals surface area (Å²) in [5.41, 5.74) is 11.1. The van der Waals surface area contributed by atoms with Crippen molar-refractivity contribution in [2.45, 2.75) is 50.5 Å². The van der Waals surface area contributed by atoms with Gasteiger partial charge in [0.05, 0.1) is 12.2 Å². The van der Waals surface area contributed by atoms with Crippen LogP contribution in [0.5, 0.6) is 5.88 Å². The van der Waals surface area contributed by atoms with Crippen molar-refractivity contribution in [2.24, 2.45) is 23.7 Å². The highest BCUT2D eigenvalue weighted by Crippen LogP contribution is 2.58. The first kappa shape index (κ1) is 29.9. The standard InChI is InChI=1S/C36H35F2N9O3/c37-35(38)50-30-11-13-46(44-30)29-10-9-28-33(42-29)47(32(41-28)25-2-1-12-40-31(25)39)23-6-7-24-20(14-23)5-8-27(24)43-36-22-15-26(36)21(18-49-36)16-45(17-22)34(48)19-3-4-19/h1-2,6-7,9-14,19,21-22,26-27,35,43H,3-5,8,15-18H2,(H2,39,40)/t21-,22?,26?,27+,36?/m1/s1. The molecule has 5 atom stereocenters. The number of alkyl halides is 2. The number of carbonyl (C=O) groups is 1. The quantitative estimate of drug-likeness (QED) is 0.240. The second-order valence-electron chi connectivity index (χ2n) is 14.2. The van der Waals surface area contributed by atoms with Gasteiger partial charge in [0.15, 0.2) is 17.3 Å². The summed E-state index contributed by atoms with van der Waals surface area (Å²) in [5, 5.41) is 8.13. The van der Waals surface area contributed by atoms with Crippen molar-refractivity contribution in [1.82, 2.24) is 39.5 Å². The fourth-order valence-electron chi connectivity index (χ4n) is 8.84. The Morgan fingerprint density at radius 2 is 2.00 bits per heavy atom. The molecule has 6 aliphatic rings. The maximum Gasteiger partial charge on any atom is 0.388 e. The number of benzene rings is 1. The van der Waals surface area contributed by atoms with Crippen molar-refractivity contribution in [2.75, 3.05) is 25.4 Å². The van der Waals surface area contributed by atoms with Crippen LogP contribution in [0.25, 0.3) is 34.1 Å². The predicted octanol–water partition coefficient (Wildman–Crippen LogP) is 4.66. The number of carbonyl (C=O) groups excluding carboxylic acids is 1. The number of nitrogens with two attached hydrogens (primary N) is 1. The number of halogens is 2. The van der Waals surface area contributed by atoms with Crippen LogP contribution in [0.15, 0.2) is 60.9 Å². The molecule has 1 amide bonds. The molecule has 5 fully saturated rings. The Labute approximate surface area is 285 Å². The third-order valence-electron chi connectivity index (χ3n) is 11.4. The molecule has 1 aromatic carbocycles. The molecular weight excluding hydrogens is 644 g/mol. The molecule has 3 unspecified atom stereocenters. The molecule has 12 nitrogen and oxygen atoms in total. The van der Waals surface area contributed by atoms with E-state index in [9.17, 15) is 13.6 Å². The van der Waals surface area contributed by atoms with Crippen LogP contribution in [0.3, 0.4) is 0 Å². The van der Waals surface area contributed by atoms with Crippen LogP contribution >= 0.6 is 0 Å². The smallest absolute Gasteiger partial charge is 0.388 e. The maximum absolute atomic E-state index is 13.0. The highest BCUT2D eigenvalue weighted by atomic mass is 19.3. The fraction of sp³-hybridized carbons (Fsp3) is 0.417. The molecule has 3 N–H and O–H groups in total. The van der Waals surface area contributed by atoms with E-state index < -0.39 is 6.61 Å². The summed E-state index contributed by atoms with van der Waals surface area (Å²) in [7, 11) is 0. The second-order valence-corrected chi connectivity index (χ2v) is 14.2. The van der Waals surface area contributed by atoms with Gasteiger partial charge in [-0.2, -0.15) is 8.78 Å². The monoisotopic (exact) mass is 679 g/mol. The number of hydrogen-bond acceptors (Lipinski definition) is 9. The topological polar surface area (TPSA) is 138 Å². The number of amides is 1. The van der Waals surface area contributed by atoms with E-state index >= 15 is 0 Å². The van der Waals surface area contributed by atoms with E-state index in [0.29, 0.717) is 64.5 Å². The van der Waals surface area contributed by atoms with Crippen LogP contribution in [0.4, 0.5) is 14.6 Å². The Balaban J connectivity index is 0.995. The molecular formula is C36H35F2N9O3. The Hall–Kier alpha value is -4.95. The number of ether oxygens (including phenoxy) is 2. The molecule has 2 saturated carbocycles. The normalized spacial score (nSPS) is 26.7. The number of fused-ring (bicyclic) bond motifs is 4. The lowest BCUT2D eigenvalue weighted by molar-refractivity contribution is -0.170. The average Bonchev–Trinajstić information content (AvgIpc) is 3.57. The predicted molar refractivity (Wildman–Crippen MR) is 178 cm³/mol. The zero-order valence-corrected chi connectivity index (χ0v) is 27.1. The number of nitrogen functional groups attached to an aromatic ring is 1. The molecule has 3 aliphatic carbocycles. The van der Waals surface area contributed by atoms with Crippen LogP contribution in [-0.4, -0.2) is 72.1 Å². The SMILES string of the molecule is Nc1ncccc1-c1nc2ccc(-n3ccc(OC(F)F)n3)nc2n1-c1ccc2c(c1)CC[C@@H]2NC12OC[C@H]3CN(C(=O)C4CC4)CC1CC32. The van der Waals surface area contributed by atoms with Gasteiger partial charge in [0.2, 0.25) is 11.8 Å². The summed E-state index contributed by atoms with van der Waals surface area (Å²) in [4.78, 5) is 29.3. The number of pyridine rings is 2. The van der Waals surface area contributed by atoms with Crippen molar-refractivity contribution in [3.63, 3.8) is 0 Å². The van der Waals surface area contributed by atoms with Gasteiger partial charge in [0, 0.05) is 67.0 Å². The highest BCUT2D eigenvalue weighted by molar-refractivity contribution is 5.83. The summed E-state index contributed by atoms with van der Waals surface area (Å²) < 4.78 is 40.1. The van der Waals surface area contributed by atoms with Crippen LogP contribution in [0, 0.1) is 23.7 Å². The van der Waals surface area contributed by atoms with Gasteiger partial charge >= 0.3 is 6.61 Å². The van der Waals surface area contributed by atoms with Gasteiger partial charge in [-0.1, -0.05) is 6.07 Å². The van der Waals surface area contributed by atoms with Gasteiger partial charge in [0.1, 0.15) is 17.1 Å². The van der Waals surface area contributed by atoms with Gasteiger partial charge in [0.25, 0.3) is 0 Å². The number of nitrogens with zero attached hydrogens (tertiary/aromatic N) is 7. The van der Waals surface area contributed by atoms with Crippen LogP contribution in [0.1, 0.15) is 42.9 Å². The van der Waals surface area contributed by atoms with Crippen LogP contribution in [0.2, 0.25) is 0 Å². The third kappa shape index (κ3) is 4.64. The summed E-state index contributed by atoms with van der Waals surface area (Å²) in [6, 6.07) is 15.2. The molecule has 5 aromatic rings. The van der Waals surface area contributed by atoms with Crippen molar-refractivity contribution < 1.29 is 23.0 Å². The molecule has 50 heavy (non-hydrogen) atoms. The minimum Gasteiger partial charge on any atom is -0.415 e. The third-order valence-corrected chi connectivity index (χ3v) is 11.4. The Morgan fingerprint density at radius 1 is 1.10 bits per heavy atom. The number of rotatable bonds is 8. The summed E-state index contributed by atoms with van der Waals surface area (Å²) in [5.74, 6) is 2.80. The van der Waals surface area contributed by atoms with E-state index in [2.05, 4.69) is 43.2 Å². The number of nitrogens with one attached hydrogen (secondary N) is 1. The number of imidazole rings is 1. The molecule has 7 heterocycles. The van der Waals surface area contributed by atoms with Crippen LogP contribution < -0.4 is 15.8 Å². The summed E-state index contributed by atoms with van der Waals surface area (Å²) >= 11 is 0. The lowest BCUT2D eigenvalue weighted by Gasteiger charge is -2.52. The zero-order chi connectivity index (χ0) is 33.7. The molecule has 3 aliphatic heterocycles. The van der Waals surface area contributed by atoms with E-state index in [0.717, 1.165) is 50.9 Å². The maximum atomic E-state index is 13.0. The minimum absolute atomic E-state index is 0.135. The first-order chi connectivity index (χ1) is 24.3. The minimum atomic E-state index is -2.98. The molecule has 0 spiro atoms. The largest absolute Gasteiger partial charge is 0.415 e. The molecule has 14 heteroatoms. The van der Waals surface area contributed by atoms with E-state index in [1.165, 1.54) is 28.1 Å². The van der Waals surface area contributed by atoms with Crippen molar-refractivity contribution in [3.05, 3.63) is 72.1 Å². The summed E-state index contributed by atoms with van der Waals surface area (Å²) in [6.45, 7) is -0.696. The molecule has 3 saturated heterocycles. The Kier molecular flexibility index (Phi) is 6.60. The average molecular weight is 680 g/mol.